The molecule has 1 saturated carbocycles. The lowest BCUT2D eigenvalue weighted by Crippen LogP contribution is -2.44. The fraction of sp³-hybridized carbons (Fsp3) is 0.467. The van der Waals surface area contributed by atoms with Crippen LogP contribution in [0.5, 0.6) is 5.75 Å². The van der Waals surface area contributed by atoms with Gasteiger partial charge in [-0.25, -0.2) is 0 Å². The third-order valence-electron chi connectivity index (χ3n) is 6.81. The minimum atomic E-state index is -0.337. The number of amides is 2. The molecule has 0 atom stereocenters. The van der Waals surface area contributed by atoms with E-state index in [2.05, 4.69) is 26.1 Å². The largest absolute Gasteiger partial charge is 0.449 e. The molecule has 1 heterocycles. The molecule has 37 heavy (non-hydrogen) atoms. The minimum Gasteiger partial charge on any atom is -0.449 e. The SMILES string of the molecule is CC(C)(C)c1ccc2c(c1)N(CC(=O)NCCCSC1CCCCC1)C(=O)/C(=C\c1ccc(Cl)cc1)O2. The van der Waals surface area contributed by atoms with E-state index in [0.29, 0.717) is 23.0 Å². The molecule has 1 aliphatic carbocycles. The predicted octanol–water partition coefficient (Wildman–Crippen LogP) is 6.98. The summed E-state index contributed by atoms with van der Waals surface area (Å²) in [6.45, 7) is 6.91. The molecular formula is C30H37ClN2O3S. The van der Waals surface area contributed by atoms with Gasteiger partial charge in [0.1, 0.15) is 6.54 Å². The highest BCUT2D eigenvalue weighted by Gasteiger charge is 2.33. The summed E-state index contributed by atoms with van der Waals surface area (Å²) in [6, 6.07) is 13.0. The van der Waals surface area contributed by atoms with Gasteiger partial charge in [-0.05, 0) is 71.9 Å². The molecular weight excluding hydrogens is 504 g/mol. The lowest BCUT2D eigenvalue weighted by molar-refractivity contribution is -0.123. The van der Waals surface area contributed by atoms with Crippen molar-refractivity contribution in [2.75, 3.05) is 23.7 Å². The van der Waals surface area contributed by atoms with Crippen LogP contribution in [0.2, 0.25) is 5.02 Å². The summed E-state index contributed by atoms with van der Waals surface area (Å²) in [4.78, 5) is 28.0. The van der Waals surface area contributed by atoms with E-state index in [4.69, 9.17) is 16.3 Å². The van der Waals surface area contributed by atoms with Gasteiger partial charge in [-0.2, -0.15) is 11.8 Å². The van der Waals surface area contributed by atoms with Gasteiger partial charge >= 0.3 is 0 Å². The first-order valence-corrected chi connectivity index (χ1v) is 14.6. The van der Waals surface area contributed by atoms with Crippen molar-refractivity contribution < 1.29 is 14.3 Å². The minimum absolute atomic E-state index is 0.0590. The Hall–Kier alpha value is -2.44. The average molecular weight is 541 g/mol. The summed E-state index contributed by atoms with van der Waals surface area (Å²) in [7, 11) is 0. The molecule has 1 N–H and O–H groups in total. The van der Waals surface area contributed by atoms with Crippen LogP contribution in [0.1, 0.15) is 70.4 Å². The van der Waals surface area contributed by atoms with Gasteiger partial charge in [0.25, 0.3) is 5.91 Å². The first kappa shape index (κ1) is 27.6. The average Bonchev–Trinajstić information content (AvgIpc) is 2.87. The number of nitrogens with zero attached hydrogens (tertiary/aromatic N) is 1. The lowest BCUT2D eigenvalue weighted by atomic mass is 9.86. The van der Waals surface area contributed by atoms with Crippen LogP contribution in [0.4, 0.5) is 5.69 Å². The molecule has 0 aromatic heterocycles. The van der Waals surface area contributed by atoms with Crippen molar-refractivity contribution in [3.8, 4) is 5.75 Å². The molecule has 0 saturated heterocycles. The topological polar surface area (TPSA) is 58.6 Å². The van der Waals surface area contributed by atoms with Gasteiger partial charge in [-0.15, -0.1) is 0 Å². The molecule has 0 radical (unpaired) electrons. The standard InChI is InChI=1S/C30H37ClN2O3S/c1-30(2,3)22-12-15-26-25(19-22)33(29(35)27(36-26)18-21-10-13-23(31)14-11-21)20-28(34)32-16-7-17-37-24-8-5-4-6-9-24/h10-15,18-19,24H,4-9,16-17,20H2,1-3H3,(H,32,34)/b27-18+. The summed E-state index contributed by atoms with van der Waals surface area (Å²) in [5.74, 6) is 1.28. The van der Waals surface area contributed by atoms with E-state index >= 15 is 0 Å². The lowest BCUT2D eigenvalue weighted by Gasteiger charge is -2.32. The van der Waals surface area contributed by atoms with Crippen LogP contribution >= 0.6 is 23.4 Å². The number of ether oxygens (including phenoxy) is 1. The molecule has 2 aromatic rings. The first-order chi connectivity index (χ1) is 17.7. The van der Waals surface area contributed by atoms with E-state index in [9.17, 15) is 9.59 Å². The maximum Gasteiger partial charge on any atom is 0.294 e. The van der Waals surface area contributed by atoms with Crippen LogP contribution in [-0.2, 0) is 15.0 Å². The highest BCUT2D eigenvalue weighted by atomic mass is 35.5. The Bertz CT molecular complexity index is 1130. The van der Waals surface area contributed by atoms with Crippen molar-refractivity contribution in [2.24, 2.45) is 0 Å². The van der Waals surface area contributed by atoms with Gasteiger partial charge in [0.15, 0.2) is 11.5 Å². The Morgan fingerprint density at radius 1 is 1.14 bits per heavy atom. The second-order valence-corrected chi connectivity index (χ2v) is 12.7. The molecule has 2 amide bonds. The molecule has 2 aromatic carbocycles. The van der Waals surface area contributed by atoms with Crippen LogP contribution in [-0.4, -0.2) is 35.9 Å². The van der Waals surface area contributed by atoms with Crippen molar-refractivity contribution in [3.63, 3.8) is 0 Å². The van der Waals surface area contributed by atoms with E-state index in [1.54, 1.807) is 18.2 Å². The highest BCUT2D eigenvalue weighted by molar-refractivity contribution is 7.99. The Morgan fingerprint density at radius 2 is 1.86 bits per heavy atom. The van der Waals surface area contributed by atoms with Crippen molar-refractivity contribution in [2.45, 2.75) is 70.0 Å². The molecule has 2 aliphatic rings. The third-order valence-corrected chi connectivity index (χ3v) is 8.53. The van der Waals surface area contributed by atoms with E-state index in [1.165, 1.54) is 37.0 Å². The summed E-state index contributed by atoms with van der Waals surface area (Å²) in [5.41, 5.74) is 2.37. The fourth-order valence-electron chi connectivity index (χ4n) is 4.63. The maximum absolute atomic E-state index is 13.5. The predicted molar refractivity (Wildman–Crippen MR) is 155 cm³/mol. The van der Waals surface area contributed by atoms with Gasteiger partial charge in [-0.3, -0.25) is 14.5 Å². The molecule has 0 bridgehead atoms. The quantitative estimate of drug-likeness (QED) is 0.290. The van der Waals surface area contributed by atoms with Gasteiger partial charge in [-0.1, -0.05) is 69.8 Å². The zero-order valence-corrected chi connectivity index (χ0v) is 23.6. The summed E-state index contributed by atoms with van der Waals surface area (Å²) >= 11 is 8.04. The van der Waals surface area contributed by atoms with E-state index < -0.39 is 0 Å². The molecule has 0 spiro atoms. The molecule has 0 unspecified atom stereocenters. The van der Waals surface area contributed by atoms with E-state index in [-0.39, 0.29) is 29.5 Å². The third kappa shape index (κ3) is 7.55. The normalized spacial score (nSPS) is 17.5. The Balaban J connectivity index is 1.45. The number of carbonyl (C=O) groups is 2. The number of hydrogen-bond donors (Lipinski definition) is 1. The number of anilines is 1. The van der Waals surface area contributed by atoms with E-state index in [0.717, 1.165) is 28.6 Å². The van der Waals surface area contributed by atoms with E-state index in [1.807, 2.05) is 42.1 Å². The maximum atomic E-state index is 13.5. The van der Waals surface area contributed by atoms with Gasteiger partial charge < -0.3 is 10.1 Å². The number of carbonyl (C=O) groups excluding carboxylic acids is 2. The number of benzene rings is 2. The highest BCUT2D eigenvalue weighted by Crippen LogP contribution is 2.39. The van der Waals surface area contributed by atoms with Gasteiger partial charge in [0.2, 0.25) is 5.91 Å². The molecule has 1 fully saturated rings. The Kier molecular flexibility index (Phi) is 9.25. The molecule has 198 valence electrons. The molecule has 4 rings (SSSR count). The zero-order chi connectivity index (χ0) is 26.4. The number of rotatable bonds is 8. The summed E-state index contributed by atoms with van der Waals surface area (Å²) in [6.07, 6.45) is 9.30. The van der Waals surface area contributed by atoms with Crippen LogP contribution in [0.15, 0.2) is 48.2 Å². The molecule has 5 nitrogen and oxygen atoms in total. The number of halogens is 1. The van der Waals surface area contributed by atoms with Crippen molar-refractivity contribution >= 4 is 46.9 Å². The van der Waals surface area contributed by atoms with Crippen molar-refractivity contribution in [3.05, 3.63) is 64.4 Å². The monoisotopic (exact) mass is 540 g/mol. The summed E-state index contributed by atoms with van der Waals surface area (Å²) < 4.78 is 6.03. The smallest absolute Gasteiger partial charge is 0.294 e. The van der Waals surface area contributed by atoms with Crippen molar-refractivity contribution in [1.29, 1.82) is 0 Å². The number of nitrogens with one attached hydrogen (secondary N) is 1. The van der Waals surface area contributed by atoms with Crippen LogP contribution < -0.4 is 15.0 Å². The number of fused-ring (bicyclic) bond motifs is 1. The number of thioether (sulfide) groups is 1. The molecule has 7 heteroatoms. The first-order valence-electron chi connectivity index (χ1n) is 13.2. The second-order valence-electron chi connectivity index (χ2n) is 10.8. The van der Waals surface area contributed by atoms with Gasteiger partial charge in [0, 0.05) is 16.8 Å². The van der Waals surface area contributed by atoms with Gasteiger partial charge in [0.05, 0.1) is 5.69 Å². The summed E-state index contributed by atoms with van der Waals surface area (Å²) in [5, 5.41) is 4.41. The van der Waals surface area contributed by atoms with Crippen LogP contribution in [0, 0.1) is 0 Å². The Morgan fingerprint density at radius 3 is 2.57 bits per heavy atom. The van der Waals surface area contributed by atoms with Crippen molar-refractivity contribution in [1.82, 2.24) is 5.32 Å². The zero-order valence-electron chi connectivity index (χ0n) is 22.0. The number of hydrogen-bond acceptors (Lipinski definition) is 4. The van der Waals surface area contributed by atoms with Crippen LogP contribution in [0.3, 0.4) is 0 Å². The van der Waals surface area contributed by atoms with Crippen LogP contribution in [0.25, 0.3) is 6.08 Å². The molecule has 1 aliphatic heterocycles. The second kappa shape index (κ2) is 12.4. The fourth-order valence-corrected chi connectivity index (χ4v) is 6.06. The Labute approximate surface area is 230 Å².